The molecule has 1 amide bonds. The Bertz CT molecular complexity index is 802. The maximum absolute atomic E-state index is 13.3. The quantitative estimate of drug-likeness (QED) is 0.782. The lowest BCUT2D eigenvalue weighted by atomic mass is 10.2. The molecule has 136 valence electrons. The molecular weight excluding hydrogens is 344 g/mol. The summed E-state index contributed by atoms with van der Waals surface area (Å²) >= 11 is 5.53. The molecule has 0 bridgehead atoms. The third-order valence-electron chi connectivity index (χ3n) is 4.32. The number of amides is 1. The van der Waals surface area contributed by atoms with Crippen molar-refractivity contribution in [2.24, 2.45) is 0 Å². The number of pyridine rings is 1. The molecule has 0 unspecified atom stereocenters. The second-order valence-electron chi connectivity index (χ2n) is 6.35. The number of hydrogen-bond donors (Lipinski definition) is 1. The maximum Gasteiger partial charge on any atom is 0.246 e. The van der Waals surface area contributed by atoms with Crippen LogP contribution < -0.4 is 10.2 Å². The van der Waals surface area contributed by atoms with Crippen molar-refractivity contribution in [2.45, 2.75) is 26.7 Å². The summed E-state index contributed by atoms with van der Waals surface area (Å²) in [6.45, 7) is 6.43. The van der Waals surface area contributed by atoms with Gasteiger partial charge in [0.2, 0.25) is 5.91 Å². The van der Waals surface area contributed by atoms with E-state index in [1.165, 1.54) is 0 Å². The number of para-hydroxylation sites is 2. The number of hydrogen-bond acceptors (Lipinski definition) is 4. The smallest absolute Gasteiger partial charge is 0.246 e. The zero-order valence-electron chi connectivity index (χ0n) is 15.2. The van der Waals surface area contributed by atoms with Gasteiger partial charge in [-0.3, -0.25) is 14.6 Å². The Labute approximate surface area is 160 Å². The van der Waals surface area contributed by atoms with Gasteiger partial charge in [-0.1, -0.05) is 38.2 Å². The molecule has 1 aliphatic rings. The summed E-state index contributed by atoms with van der Waals surface area (Å²) in [7, 11) is 0. The zero-order valence-corrected chi connectivity index (χ0v) is 16.1. The second-order valence-corrected chi connectivity index (χ2v) is 6.76. The van der Waals surface area contributed by atoms with Crippen LogP contribution in [0.2, 0.25) is 0 Å². The van der Waals surface area contributed by atoms with E-state index in [0.29, 0.717) is 17.4 Å². The first-order chi connectivity index (χ1) is 12.7. The lowest BCUT2D eigenvalue weighted by Crippen LogP contribution is -2.39. The maximum atomic E-state index is 13.3. The molecule has 0 aliphatic carbocycles. The van der Waals surface area contributed by atoms with E-state index in [1.54, 1.807) is 11.1 Å². The molecule has 5 nitrogen and oxygen atoms in total. The van der Waals surface area contributed by atoms with Gasteiger partial charge in [0.25, 0.3) is 0 Å². The van der Waals surface area contributed by atoms with Crippen molar-refractivity contribution in [3.8, 4) is 0 Å². The number of benzene rings is 1. The van der Waals surface area contributed by atoms with E-state index in [2.05, 4.69) is 29.0 Å². The van der Waals surface area contributed by atoms with Gasteiger partial charge in [-0.25, -0.2) is 4.98 Å². The fourth-order valence-electron chi connectivity index (χ4n) is 3.25. The molecule has 1 N–H and O–H groups in total. The Hall–Kier alpha value is -2.31. The average molecular weight is 369 g/mol. The van der Waals surface area contributed by atoms with Gasteiger partial charge in [0.05, 0.1) is 23.5 Å². The summed E-state index contributed by atoms with van der Waals surface area (Å²) in [4.78, 5) is 22.3. The molecule has 0 saturated carbocycles. The largest absolute Gasteiger partial charge is 0.344 e. The van der Waals surface area contributed by atoms with E-state index in [-0.39, 0.29) is 5.91 Å². The Kier molecular flexibility index (Phi) is 5.96. The molecule has 26 heavy (non-hydrogen) atoms. The summed E-state index contributed by atoms with van der Waals surface area (Å²) in [5.41, 5.74) is 2.37. The molecule has 2 aromatic rings. The summed E-state index contributed by atoms with van der Waals surface area (Å²) in [5, 5.41) is 3.25. The molecule has 0 saturated heterocycles. The van der Waals surface area contributed by atoms with Crippen LogP contribution in [0.5, 0.6) is 0 Å². The molecule has 1 aromatic carbocycles. The minimum atomic E-state index is 0.00537. The number of rotatable bonds is 6. The monoisotopic (exact) mass is 368 g/mol. The van der Waals surface area contributed by atoms with Crippen LogP contribution in [0.15, 0.2) is 42.6 Å². The molecular formula is C20H24N4OS. The van der Waals surface area contributed by atoms with Crippen LogP contribution in [-0.2, 0) is 4.79 Å². The summed E-state index contributed by atoms with van der Waals surface area (Å²) in [6, 6.07) is 11.5. The van der Waals surface area contributed by atoms with Crippen LogP contribution >= 0.6 is 12.2 Å². The molecule has 0 spiro atoms. The number of fused-ring (bicyclic) bond motifs is 2. The van der Waals surface area contributed by atoms with Gasteiger partial charge in [0.1, 0.15) is 10.8 Å². The third kappa shape index (κ3) is 3.76. The van der Waals surface area contributed by atoms with Gasteiger partial charge in [-0.2, -0.15) is 0 Å². The van der Waals surface area contributed by atoms with Gasteiger partial charge < -0.3 is 5.32 Å². The van der Waals surface area contributed by atoms with E-state index in [1.807, 2.05) is 36.4 Å². The summed E-state index contributed by atoms with van der Waals surface area (Å²) in [5.74, 6) is 0.596. The van der Waals surface area contributed by atoms with Gasteiger partial charge in [0, 0.05) is 6.20 Å². The van der Waals surface area contributed by atoms with Crippen molar-refractivity contribution >= 4 is 40.3 Å². The number of aromatic nitrogens is 1. The Morgan fingerprint density at radius 1 is 1.15 bits per heavy atom. The first-order valence-electron chi connectivity index (χ1n) is 9.06. The first kappa shape index (κ1) is 18.5. The number of nitrogens with one attached hydrogen (secondary N) is 1. The lowest BCUT2D eigenvalue weighted by molar-refractivity contribution is -0.119. The minimum Gasteiger partial charge on any atom is -0.344 e. The van der Waals surface area contributed by atoms with Gasteiger partial charge in [-0.15, -0.1) is 0 Å². The number of thiocarbonyl (C=S) groups is 1. The minimum absolute atomic E-state index is 0.00537. The fourth-order valence-corrected chi connectivity index (χ4v) is 3.52. The highest BCUT2D eigenvalue weighted by atomic mass is 32.1. The standard InChI is InChI=1S/C20H24N4OS/c1-3-12-23(13-4-2)14-18(25)24-17-10-6-5-9-16(17)22-20(26)15-8-7-11-21-19(15)24/h5-11H,3-4,12-14H2,1-2H3,(H,22,26). The normalized spacial score (nSPS) is 13.0. The fraction of sp³-hybridized carbons (Fsp3) is 0.350. The predicted molar refractivity (Wildman–Crippen MR) is 110 cm³/mol. The van der Waals surface area contributed by atoms with Gasteiger partial charge in [0.15, 0.2) is 0 Å². The van der Waals surface area contributed by atoms with E-state index >= 15 is 0 Å². The molecule has 1 aromatic heterocycles. The van der Waals surface area contributed by atoms with Crippen molar-refractivity contribution < 1.29 is 4.79 Å². The van der Waals surface area contributed by atoms with Crippen LogP contribution in [-0.4, -0.2) is 40.4 Å². The number of anilines is 3. The third-order valence-corrected chi connectivity index (χ3v) is 4.65. The topological polar surface area (TPSA) is 48.5 Å². The Balaban J connectivity index is 2.03. The Morgan fingerprint density at radius 3 is 2.62 bits per heavy atom. The number of nitrogens with zero attached hydrogens (tertiary/aromatic N) is 3. The van der Waals surface area contributed by atoms with Crippen LogP contribution in [0.1, 0.15) is 32.3 Å². The molecule has 0 atom stereocenters. The van der Waals surface area contributed by atoms with Crippen LogP contribution in [0.3, 0.4) is 0 Å². The van der Waals surface area contributed by atoms with Crippen molar-refractivity contribution in [3.05, 3.63) is 48.2 Å². The molecule has 0 fully saturated rings. The van der Waals surface area contributed by atoms with Crippen molar-refractivity contribution in [1.82, 2.24) is 9.88 Å². The highest BCUT2D eigenvalue weighted by Gasteiger charge is 2.29. The van der Waals surface area contributed by atoms with Crippen molar-refractivity contribution in [2.75, 3.05) is 29.9 Å². The van der Waals surface area contributed by atoms with Crippen molar-refractivity contribution in [3.63, 3.8) is 0 Å². The number of carbonyl (C=O) groups excluding carboxylic acids is 1. The van der Waals surface area contributed by atoms with E-state index in [9.17, 15) is 4.79 Å². The van der Waals surface area contributed by atoms with Crippen LogP contribution in [0.4, 0.5) is 17.2 Å². The predicted octanol–water partition coefficient (Wildman–Crippen LogP) is 3.97. The molecule has 6 heteroatoms. The molecule has 2 heterocycles. The summed E-state index contributed by atoms with van der Waals surface area (Å²) in [6.07, 6.45) is 3.74. The summed E-state index contributed by atoms with van der Waals surface area (Å²) < 4.78 is 0. The van der Waals surface area contributed by atoms with Crippen LogP contribution in [0, 0.1) is 0 Å². The SMILES string of the molecule is CCCN(CCC)CC(=O)N1c2ccccc2NC(=S)c2cccnc21. The van der Waals surface area contributed by atoms with E-state index in [4.69, 9.17) is 12.2 Å². The van der Waals surface area contributed by atoms with E-state index < -0.39 is 0 Å². The Morgan fingerprint density at radius 2 is 1.88 bits per heavy atom. The molecule has 1 aliphatic heterocycles. The van der Waals surface area contributed by atoms with E-state index in [0.717, 1.165) is 42.9 Å². The van der Waals surface area contributed by atoms with Crippen LogP contribution in [0.25, 0.3) is 0 Å². The second kappa shape index (κ2) is 8.38. The highest BCUT2D eigenvalue weighted by molar-refractivity contribution is 7.81. The molecule has 3 rings (SSSR count). The highest BCUT2D eigenvalue weighted by Crippen LogP contribution is 2.36. The molecule has 0 radical (unpaired) electrons. The first-order valence-corrected chi connectivity index (χ1v) is 9.47. The average Bonchev–Trinajstić information content (AvgIpc) is 2.76. The van der Waals surface area contributed by atoms with Gasteiger partial charge >= 0.3 is 0 Å². The lowest BCUT2D eigenvalue weighted by Gasteiger charge is -2.27. The van der Waals surface area contributed by atoms with Crippen molar-refractivity contribution in [1.29, 1.82) is 0 Å². The van der Waals surface area contributed by atoms with Gasteiger partial charge in [-0.05, 0) is 50.2 Å². The zero-order chi connectivity index (χ0) is 18.5. The number of carbonyl (C=O) groups is 1.